The number of aromatic nitrogens is 2. The zero-order chi connectivity index (χ0) is 25.0. The van der Waals surface area contributed by atoms with E-state index in [1.54, 1.807) is 6.20 Å². The molecular formula is C28H27FN4O3. The van der Waals surface area contributed by atoms with Gasteiger partial charge in [-0.3, -0.25) is 14.9 Å². The maximum atomic E-state index is 15.8. The number of alkyl halides is 1. The lowest BCUT2D eigenvalue weighted by Gasteiger charge is -2.25. The lowest BCUT2D eigenvalue weighted by Crippen LogP contribution is -2.38. The zero-order valence-corrected chi connectivity index (χ0v) is 20.2. The second-order valence-corrected chi connectivity index (χ2v) is 9.69. The molecule has 2 aromatic carbocycles. The van der Waals surface area contributed by atoms with Crippen LogP contribution < -0.4 is 5.32 Å². The van der Waals surface area contributed by atoms with Crippen LogP contribution in [0.15, 0.2) is 60.9 Å². The van der Waals surface area contributed by atoms with Crippen molar-refractivity contribution in [3.8, 4) is 0 Å². The number of rotatable bonds is 2. The van der Waals surface area contributed by atoms with Crippen LogP contribution in [0.3, 0.4) is 0 Å². The average Bonchev–Trinajstić information content (AvgIpc) is 3.48. The number of likely N-dealkylation sites (N-methyl/N-ethyl adjacent to an activating group) is 1. The molecule has 4 aromatic rings. The van der Waals surface area contributed by atoms with Crippen LogP contribution in [-0.4, -0.2) is 65.4 Å². The maximum absolute atomic E-state index is 15.8. The van der Waals surface area contributed by atoms with Gasteiger partial charge in [0.2, 0.25) is 0 Å². The fourth-order valence-electron chi connectivity index (χ4n) is 5.44. The molecule has 0 saturated heterocycles. The first kappa shape index (κ1) is 22.7. The standard InChI is InChI=1S/C28H27FN4O3/c1-31(2)16-24-21(29)15-33-14-20(18-8-4-6-10-23(18)33)26-25(27(34)30-28(26)35)19-13-32(11-12-36-24)22-9-5-3-7-17(19)22/h3-10,13-14,21,24H,11-12,15-16H2,1-2H3,(H,30,34,35)/t21-,24+/m0/s1. The van der Waals surface area contributed by atoms with Crippen LogP contribution in [0, 0.1) is 0 Å². The van der Waals surface area contributed by atoms with Crippen LogP contribution in [0.25, 0.3) is 33.0 Å². The minimum absolute atomic E-state index is 0.0732. The fraction of sp³-hybridized carbons (Fsp3) is 0.286. The summed E-state index contributed by atoms with van der Waals surface area (Å²) in [5, 5.41) is 4.17. The smallest absolute Gasteiger partial charge is 0.259 e. The van der Waals surface area contributed by atoms with Crippen LogP contribution in [0.2, 0.25) is 0 Å². The fourth-order valence-corrected chi connectivity index (χ4v) is 5.44. The molecule has 0 saturated carbocycles. The van der Waals surface area contributed by atoms with Gasteiger partial charge in [-0.2, -0.15) is 0 Å². The molecule has 2 aliphatic rings. The van der Waals surface area contributed by atoms with E-state index in [0.717, 1.165) is 21.8 Å². The number of nitrogens with one attached hydrogen (secondary N) is 1. The Morgan fingerprint density at radius 1 is 0.917 bits per heavy atom. The molecule has 2 aliphatic heterocycles. The highest BCUT2D eigenvalue weighted by Gasteiger charge is 2.36. The molecule has 7 nitrogen and oxygen atoms in total. The Morgan fingerprint density at radius 3 is 2.08 bits per heavy atom. The second-order valence-electron chi connectivity index (χ2n) is 9.69. The number of amides is 2. The van der Waals surface area contributed by atoms with Crippen LogP contribution in [0.4, 0.5) is 4.39 Å². The zero-order valence-electron chi connectivity index (χ0n) is 20.2. The Morgan fingerprint density at radius 2 is 1.47 bits per heavy atom. The lowest BCUT2D eigenvalue weighted by atomic mass is 9.95. The summed E-state index contributed by atoms with van der Waals surface area (Å²) in [6, 6.07) is 15.4. The highest BCUT2D eigenvalue weighted by atomic mass is 19.1. The minimum Gasteiger partial charge on any atom is -0.372 e. The SMILES string of the molecule is CN(C)C[C@H]1OCCn2cc(c3ccccc32)C2=C(C(=O)NC2=O)c2cn(c3ccccc23)C[C@@H]1F. The summed E-state index contributed by atoms with van der Waals surface area (Å²) in [5.41, 5.74) is 3.72. The number of fused-ring (bicyclic) bond motifs is 12. The Bertz CT molecular complexity index is 1550. The van der Waals surface area contributed by atoms with Crippen molar-refractivity contribution < 1.29 is 18.7 Å². The molecule has 4 heterocycles. The topological polar surface area (TPSA) is 68.5 Å². The summed E-state index contributed by atoms with van der Waals surface area (Å²) in [6.07, 6.45) is 1.80. The summed E-state index contributed by atoms with van der Waals surface area (Å²) in [7, 11) is 3.81. The van der Waals surface area contributed by atoms with Gasteiger partial charge >= 0.3 is 0 Å². The highest BCUT2D eigenvalue weighted by molar-refractivity contribution is 6.50. The van der Waals surface area contributed by atoms with Gasteiger partial charge in [0, 0.05) is 58.4 Å². The van der Waals surface area contributed by atoms with E-state index < -0.39 is 24.1 Å². The molecule has 0 unspecified atom stereocenters. The van der Waals surface area contributed by atoms with Crippen LogP contribution in [-0.2, 0) is 27.4 Å². The number of imide groups is 1. The van der Waals surface area contributed by atoms with Gasteiger partial charge < -0.3 is 18.8 Å². The van der Waals surface area contributed by atoms with Crippen molar-refractivity contribution in [1.82, 2.24) is 19.4 Å². The number of halogens is 1. The quantitative estimate of drug-likeness (QED) is 0.441. The van der Waals surface area contributed by atoms with E-state index >= 15 is 4.39 Å². The van der Waals surface area contributed by atoms with Crippen molar-refractivity contribution in [2.45, 2.75) is 25.4 Å². The van der Waals surface area contributed by atoms with E-state index in [1.807, 2.05) is 82.9 Å². The van der Waals surface area contributed by atoms with Crippen molar-refractivity contribution in [2.24, 2.45) is 0 Å². The van der Waals surface area contributed by atoms with E-state index in [2.05, 4.69) is 5.32 Å². The van der Waals surface area contributed by atoms with Crippen molar-refractivity contribution in [3.63, 3.8) is 0 Å². The number of benzene rings is 2. The molecule has 4 bridgehead atoms. The van der Waals surface area contributed by atoms with E-state index in [4.69, 9.17) is 4.74 Å². The second kappa shape index (κ2) is 8.72. The van der Waals surface area contributed by atoms with Crippen LogP contribution in [0.1, 0.15) is 11.1 Å². The number of ether oxygens (including phenoxy) is 1. The summed E-state index contributed by atoms with van der Waals surface area (Å²) in [5.74, 6) is -0.861. The first-order chi connectivity index (χ1) is 17.4. The van der Waals surface area contributed by atoms with Gasteiger partial charge in [-0.05, 0) is 26.2 Å². The number of carbonyl (C=O) groups is 2. The molecule has 6 rings (SSSR count). The Labute approximate surface area is 207 Å². The monoisotopic (exact) mass is 486 g/mol. The van der Waals surface area contributed by atoms with Gasteiger partial charge in [0.1, 0.15) is 12.3 Å². The van der Waals surface area contributed by atoms with Crippen LogP contribution in [0.5, 0.6) is 0 Å². The van der Waals surface area contributed by atoms with E-state index in [9.17, 15) is 9.59 Å². The molecule has 0 fully saturated rings. The predicted molar refractivity (Wildman–Crippen MR) is 137 cm³/mol. The summed E-state index contributed by atoms with van der Waals surface area (Å²) in [4.78, 5) is 28.3. The third-order valence-electron chi connectivity index (χ3n) is 7.03. The Hall–Kier alpha value is -3.75. The molecule has 0 radical (unpaired) electrons. The molecule has 0 spiro atoms. The molecule has 36 heavy (non-hydrogen) atoms. The van der Waals surface area contributed by atoms with Crippen molar-refractivity contribution >= 4 is 44.8 Å². The summed E-state index contributed by atoms with van der Waals surface area (Å²) in [6.45, 7) is 1.31. The highest BCUT2D eigenvalue weighted by Crippen LogP contribution is 2.39. The third-order valence-corrected chi connectivity index (χ3v) is 7.03. The Kier molecular flexibility index (Phi) is 5.50. The average molecular weight is 487 g/mol. The molecule has 8 heteroatoms. The summed E-state index contributed by atoms with van der Waals surface area (Å²) >= 11 is 0. The minimum atomic E-state index is -1.27. The molecule has 0 aliphatic carbocycles. The van der Waals surface area contributed by atoms with Crippen molar-refractivity contribution in [3.05, 3.63) is 72.1 Å². The number of hydrogen-bond acceptors (Lipinski definition) is 4. The number of carbonyl (C=O) groups excluding carboxylic acids is 2. The number of hydrogen-bond donors (Lipinski definition) is 1. The molecule has 2 aromatic heterocycles. The Balaban J connectivity index is 1.64. The normalized spacial score (nSPS) is 20.8. The molecule has 184 valence electrons. The van der Waals surface area contributed by atoms with Gasteiger partial charge in [-0.25, -0.2) is 4.39 Å². The lowest BCUT2D eigenvalue weighted by molar-refractivity contribution is -0.122. The van der Waals surface area contributed by atoms with E-state index in [0.29, 0.717) is 42.0 Å². The van der Waals surface area contributed by atoms with Crippen molar-refractivity contribution in [2.75, 3.05) is 27.2 Å². The first-order valence-corrected chi connectivity index (χ1v) is 12.1. The van der Waals surface area contributed by atoms with Gasteiger partial charge in [-0.1, -0.05) is 36.4 Å². The number of nitrogens with zero attached hydrogens (tertiary/aromatic N) is 3. The molecule has 2 atom stereocenters. The number of para-hydroxylation sites is 2. The molecule has 2 amide bonds. The summed E-state index contributed by atoms with van der Waals surface area (Å²) < 4.78 is 25.7. The van der Waals surface area contributed by atoms with Gasteiger partial charge in [-0.15, -0.1) is 0 Å². The predicted octanol–water partition coefficient (Wildman–Crippen LogP) is 3.46. The third kappa shape index (κ3) is 3.65. The molecule has 1 N–H and O–H groups in total. The van der Waals surface area contributed by atoms with Gasteiger partial charge in [0.25, 0.3) is 11.8 Å². The molecular weight excluding hydrogens is 459 g/mol. The van der Waals surface area contributed by atoms with E-state index in [1.165, 1.54) is 0 Å². The van der Waals surface area contributed by atoms with Crippen LogP contribution >= 0.6 is 0 Å². The maximum Gasteiger partial charge on any atom is 0.259 e. The van der Waals surface area contributed by atoms with E-state index in [-0.39, 0.29) is 6.54 Å². The first-order valence-electron chi connectivity index (χ1n) is 12.1. The van der Waals surface area contributed by atoms with Gasteiger partial charge in [0.05, 0.1) is 24.3 Å². The van der Waals surface area contributed by atoms with Crippen molar-refractivity contribution in [1.29, 1.82) is 0 Å². The largest absolute Gasteiger partial charge is 0.372 e. The van der Waals surface area contributed by atoms with Gasteiger partial charge in [0.15, 0.2) is 0 Å².